The SMILES string of the molecule is CC(C)[N+]1(C)[C@@H]2CC[C@@H]1CC(OC(=O)C(CO)c1ccccc1)C2.[Br-]. The first-order chi connectivity index (χ1) is 11.5. The highest BCUT2D eigenvalue weighted by Crippen LogP contribution is 2.44. The van der Waals surface area contributed by atoms with Gasteiger partial charge in [-0.05, 0) is 19.4 Å². The molecule has 2 saturated heterocycles. The molecule has 25 heavy (non-hydrogen) atoms. The van der Waals surface area contributed by atoms with E-state index in [1.54, 1.807) is 0 Å². The average Bonchev–Trinajstić information content (AvgIpc) is 2.74. The van der Waals surface area contributed by atoms with E-state index < -0.39 is 5.92 Å². The Morgan fingerprint density at radius 1 is 1.20 bits per heavy atom. The number of esters is 1. The highest BCUT2D eigenvalue weighted by atomic mass is 79.9. The predicted molar refractivity (Wildman–Crippen MR) is 93.5 cm³/mol. The van der Waals surface area contributed by atoms with Crippen molar-refractivity contribution in [1.29, 1.82) is 0 Å². The van der Waals surface area contributed by atoms with Crippen LogP contribution in [0, 0.1) is 0 Å². The van der Waals surface area contributed by atoms with E-state index in [1.807, 2.05) is 30.3 Å². The molecule has 5 heteroatoms. The van der Waals surface area contributed by atoms with Gasteiger partial charge in [-0.2, -0.15) is 0 Å². The Bertz CT molecular complexity index is 564. The molecule has 2 heterocycles. The predicted octanol–water partition coefficient (Wildman–Crippen LogP) is -0.142. The zero-order valence-electron chi connectivity index (χ0n) is 15.4. The van der Waals surface area contributed by atoms with E-state index in [1.165, 1.54) is 12.8 Å². The minimum atomic E-state index is -0.572. The lowest BCUT2D eigenvalue weighted by molar-refractivity contribution is -0.968. The van der Waals surface area contributed by atoms with Gasteiger partial charge in [0.2, 0.25) is 0 Å². The van der Waals surface area contributed by atoms with Gasteiger partial charge in [0.25, 0.3) is 0 Å². The summed E-state index contributed by atoms with van der Waals surface area (Å²) in [6.07, 6.45) is 4.36. The summed E-state index contributed by atoms with van der Waals surface area (Å²) in [6, 6.07) is 11.2. The molecule has 0 radical (unpaired) electrons. The molecule has 2 aliphatic heterocycles. The fourth-order valence-corrected chi connectivity index (χ4v) is 4.82. The van der Waals surface area contributed by atoms with Crippen molar-refractivity contribution in [2.75, 3.05) is 13.7 Å². The number of carbonyl (C=O) groups excluding carboxylic acids is 1. The van der Waals surface area contributed by atoms with E-state index in [0.29, 0.717) is 18.1 Å². The number of ether oxygens (including phenoxy) is 1. The minimum absolute atomic E-state index is 0. The Morgan fingerprint density at radius 2 is 1.76 bits per heavy atom. The van der Waals surface area contributed by atoms with E-state index in [4.69, 9.17) is 4.74 Å². The van der Waals surface area contributed by atoms with Crippen LogP contribution in [0.4, 0.5) is 0 Å². The molecule has 140 valence electrons. The van der Waals surface area contributed by atoms with Gasteiger partial charge >= 0.3 is 5.97 Å². The van der Waals surface area contributed by atoms with Crippen LogP contribution >= 0.6 is 0 Å². The third-order valence-corrected chi connectivity index (χ3v) is 6.54. The summed E-state index contributed by atoms with van der Waals surface area (Å²) >= 11 is 0. The second-order valence-corrected chi connectivity index (χ2v) is 7.88. The van der Waals surface area contributed by atoms with E-state index in [9.17, 15) is 9.90 Å². The Balaban J connectivity index is 0.00000225. The van der Waals surface area contributed by atoms with Crippen LogP contribution in [0.25, 0.3) is 0 Å². The topological polar surface area (TPSA) is 46.5 Å². The summed E-state index contributed by atoms with van der Waals surface area (Å²) in [5.41, 5.74) is 0.826. The molecule has 1 aromatic rings. The highest BCUT2D eigenvalue weighted by molar-refractivity contribution is 5.78. The van der Waals surface area contributed by atoms with Gasteiger partial charge in [-0.3, -0.25) is 4.79 Å². The third-order valence-electron chi connectivity index (χ3n) is 6.54. The summed E-state index contributed by atoms with van der Waals surface area (Å²) in [5.74, 6) is -0.856. The molecule has 0 amide bonds. The molecule has 2 aliphatic rings. The lowest BCUT2D eigenvalue weighted by Crippen LogP contribution is -3.00. The molecule has 4 nitrogen and oxygen atoms in total. The van der Waals surface area contributed by atoms with Crippen molar-refractivity contribution in [3.05, 3.63) is 35.9 Å². The minimum Gasteiger partial charge on any atom is -1.00 e. The van der Waals surface area contributed by atoms with Gasteiger partial charge in [-0.25, -0.2) is 0 Å². The number of piperidine rings is 1. The third kappa shape index (κ3) is 3.79. The van der Waals surface area contributed by atoms with E-state index in [0.717, 1.165) is 22.9 Å². The van der Waals surface area contributed by atoms with Crippen LogP contribution in [0.1, 0.15) is 51.0 Å². The lowest BCUT2D eigenvalue weighted by Gasteiger charge is -2.49. The van der Waals surface area contributed by atoms with Crippen LogP contribution < -0.4 is 17.0 Å². The molecule has 1 aromatic carbocycles. The summed E-state index contributed by atoms with van der Waals surface area (Å²) in [6.45, 7) is 4.39. The number of benzene rings is 1. The molecule has 0 saturated carbocycles. The number of fused-ring (bicyclic) bond motifs is 2. The maximum absolute atomic E-state index is 12.6. The van der Waals surface area contributed by atoms with Crippen molar-refractivity contribution in [2.45, 2.75) is 69.7 Å². The van der Waals surface area contributed by atoms with Gasteiger partial charge in [0.1, 0.15) is 12.0 Å². The number of quaternary nitrogens is 1. The van der Waals surface area contributed by atoms with Crippen LogP contribution in [0.3, 0.4) is 0 Å². The van der Waals surface area contributed by atoms with Crippen molar-refractivity contribution in [2.24, 2.45) is 0 Å². The number of aliphatic hydroxyl groups is 1. The van der Waals surface area contributed by atoms with Crippen LogP contribution in [-0.2, 0) is 9.53 Å². The Morgan fingerprint density at radius 3 is 2.24 bits per heavy atom. The van der Waals surface area contributed by atoms with Gasteiger partial charge in [0, 0.05) is 25.7 Å². The number of rotatable bonds is 5. The summed E-state index contributed by atoms with van der Waals surface area (Å²) < 4.78 is 6.96. The smallest absolute Gasteiger partial charge is 0.316 e. The second-order valence-electron chi connectivity index (χ2n) is 7.88. The number of carbonyl (C=O) groups is 1. The fraction of sp³-hybridized carbons (Fsp3) is 0.650. The standard InChI is InChI=1S/C20H30NO3.BrH/c1-14(2)21(3)16-9-10-17(21)12-18(11-16)24-20(23)19(13-22)15-7-5-4-6-8-15;/h4-8,14,16-19,22H,9-13H2,1-3H3;1H/q+1;/p-1/t16-,17-,18?,19?,21?;/m1./s1. The molecule has 0 spiro atoms. The largest absolute Gasteiger partial charge is 1.00 e. The summed E-state index contributed by atoms with van der Waals surface area (Å²) in [4.78, 5) is 12.6. The lowest BCUT2D eigenvalue weighted by atomic mass is 9.94. The van der Waals surface area contributed by atoms with Crippen LogP contribution in [-0.4, -0.2) is 53.4 Å². The number of halogens is 1. The maximum atomic E-state index is 12.6. The molecule has 1 N–H and O–H groups in total. The van der Waals surface area contributed by atoms with Crippen molar-refractivity contribution in [3.63, 3.8) is 0 Å². The van der Waals surface area contributed by atoms with Gasteiger partial charge in [0.05, 0.1) is 31.8 Å². The second kappa shape index (κ2) is 8.19. The molecule has 2 bridgehead atoms. The Kier molecular flexibility index (Phi) is 6.68. The van der Waals surface area contributed by atoms with Crippen LogP contribution in [0.5, 0.6) is 0 Å². The maximum Gasteiger partial charge on any atom is 0.316 e. The number of hydrogen-bond acceptors (Lipinski definition) is 3. The van der Waals surface area contributed by atoms with Gasteiger partial charge in [0.15, 0.2) is 0 Å². The normalized spacial score (nSPS) is 32.1. The molecule has 0 aromatic heterocycles. The molecule has 0 aliphatic carbocycles. The van der Waals surface area contributed by atoms with Crippen molar-refractivity contribution in [1.82, 2.24) is 0 Å². The number of hydrogen-bond donors (Lipinski definition) is 1. The zero-order chi connectivity index (χ0) is 17.3. The Hall–Kier alpha value is -0.910. The van der Waals surface area contributed by atoms with E-state index in [-0.39, 0.29) is 35.7 Å². The molecule has 1 unspecified atom stereocenters. The van der Waals surface area contributed by atoms with Crippen LogP contribution in [0.15, 0.2) is 30.3 Å². The molecule has 3 atom stereocenters. The average molecular weight is 412 g/mol. The zero-order valence-corrected chi connectivity index (χ0v) is 17.0. The monoisotopic (exact) mass is 411 g/mol. The molecule has 2 fully saturated rings. The molecular weight excluding hydrogens is 382 g/mol. The molecular formula is C20H30BrNO3. The van der Waals surface area contributed by atoms with Crippen molar-refractivity contribution < 1.29 is 36.1 Å². The fourth-order valence-electron chi connectivity index (χ4n) is 4.82. The van der Waals surface area contributed by atoms with E-state index in [2.05, 4.69) is 20.9 Å². The molecule has 3 rings (SSSR count). The number of aliphatic hydroxyl groups excluding tert-OH is 1. The summed E-state index contributed by atoms with van der Waals surface area (Å²) in [7, 11) is 2.37. The van der Waals surface area contributed by atoms with Crippen molar-refractivity contribution in [3.8, 4) is 0 Å². The van der Waals surface area contributed by atoms with E-state index >= 15 is 0 Å². The number of nitrogens with zero attached hydrogens (tertiary/aromatic N) is 1. The van der Waals surface area contributed by atoms with Gasteiger partial charge in [-0.1, -0.05) is 30.3 Å². The first-order valence-electron chi connectivity index (χ1n) is 9.18. The van der Waals surface area contributed by atoms with Crippen LogP contribution in [0.2, 0.25) is 0 Å². The summed E-state index contributed by atoms with van der Waals surface area (Å²) in [5, 5.41) is 9.65. The first kappa shape index (κ1) is 20.4. The Labute approximate surface area is 161 Å². The highest BCUT2D eigenvalue weighted by Gasteiger charge is 2.53. The van der Waals surface area contributed by atoms with Gasteiger partial charge in [-0.15, -0.1) is 0 Å². The quantitative estimate of drug-likeness (QED) is 0.541. The van der Waals surface area contributed by atoms with Gasteiger partial charge < -0.3 is 31.3 Å². The first-order valence-corrected chi connectivity index (χ1v) is 9.18. The van der Waals surface area contributed by atoms with Crippen molar-refractivity contribution >= 4 is 5.97 Å².